The van der Waals surface area contributed by atoms with Gasteiger partial charge in [-0.3, -0.25) is 14.9 Å². The topological polar surface area (TPSA) is 106 Å². The first kappa shape index (κ1) is 18.3. The molecule has 2 aromatic rings. The first-order chi connectivity index (χ1) is 11.6. The van der Waals surface area contributed by atoms with Gasteiger partial charge in [0.05, 0.1) is 23.3 Å². The van der Waals surface area contributed by atoms with E-state index in [9.17, 15) is 14.9 Å². The van der Waals surface area contributed by atoms with E-state index in [2.05, 4.69) is 4.98 Å². The summed E-state index contributed by atoms with van der Waals surface area (Å²) in [5, 5.41) is 20.8. The maximum Gasteiger partial charge on any atom is 0.315 e. The molecule has 130 valence electrons. The van der Waals surface area contributed by atoms with Crippen molar-refractivity contribution in [1.82, 2.24) is 4.98 Å². The van der Waals surface area contributed by atoms with Crippen LogP contribution in [0.15, 0.2) is 24.3 Å². The van der Waals surface area contributed by atoms with Gasteiger partial charge in [0.1, 0.15) is 11.1 Å². The molecule has 7 nitrogen and oxygen atoms in total. The van der Waals surface area contributed by atoms with Gasteiger partial charge in [0.15, 0.2) is 0 Å². The number of hydrogen-bond acceptors (Lipinski definition) is 6. The molecule has 0 saturated heterocycles. The average molecular weight is 341 g/mol. The quantitative estimate of drug-likeness (QED) is 0.476. The Hall–Kier alpha value is -3.01. The predicted octanol–water partition coefficient (Wildman–Crippen LogP) is 3.79. The highest BCUT2D eigenvalue weighted by atomic mass is 16.6. The number of carbonyl (C=O) groups excluding carboxylic acids is 1. The summed E-state index contributed by atoms with van der Waals surface area (Å²) < 4.78 is 5.41. The number of rotatable bonds is 4. The van der Waals surface area contributed by atoms with Crippen LogP contribution in [0.2, 0.25) is 0 Å². The maximum atomic E-state index is 12.5. The highest BCUT2D eigenvalue weighted by molar-refractivity contribution is 5.89. The van der Waals surface area contributed by atoms with Crippen molar-refractivity contribution in [3.8, 4) is 6.07 Å². The highest BCUT2D eigenvalue weighted by Crippen LogP contribution is 2.31. The Kier molecular flexibility index (Phi) is 5.02. The van der Waals surface area contributed by atoms with E-state index in [0.717, 1.165) is 0 Å². The fourth-order valence-corrected chi connectivity index (χ4v) is 2.58. The summed E-state index contributed by atoms with van der Waals surface area (Å²) in [6.45, 7) is 6.93. The second-order valence-electron chi connectivity index (χ2n) is 6.72. The average Bonchev–Trinajstić information content (AvgIpc) is 2.49. The number of carbonyl (C=O) groups is 1. The molecule has 2 rings (SSSR count). The van der Waals surface area contributed by atoms with Gasteiger partial charge in [-0.05, 0) is 39.3 Å². The van der Waals surface area contributed by atoms with Crippen LogP contribution >= 0.6 is 0 Å². The van der Waals surface area contributed by atoms with E-state index in [1.165, 1.54) is 6.07 Å². The number of ether oxygens (including phenoxy) is 1. The number of fused-ring (bicyclic) bond motifs is 1. The summed E-state index contributed by atoms with van der Waals surface area (Å²) in [5.41, 5.74) is 0.494. The number of nitrogens with zero attached hydrogens (tertiary/aromatic N) is 3. The number of aromatic nitrogens is 1. The molecule has 0 aliphatic rings. The minimum Gasteiger partial charge on any atom is -0.459 e. The molecule has 0 aliphatic carbocycles. The van der Waals surface area contributed by atoms with E-state index in [1.54, 1.807) is 45.9 Å². The molecule has 1 heterocycles. The Labute approximate surface area is 145 Å². The van der Waals surface area contributed by atoms with Crippen molar-refractivity contribution in [2.24, 2.45) is 0 Å². The molecule has 0 amide bonds. The lowest BCUT2D eigenvalue weighted by Gasteiger charge is -2.23. The van der Waals surface area contributed by atoms with Crippen LogP contribution in [0.3, 0.4) is 0 Å². The van der Waals surface area contributed by atoms with Crippen LogP contribution in [0.1, 0.15) is 44.4 Å². The first-order valence-corrected chi connectivity index (χ1v) is 7.78. The lowest BCUT2D eigenvalue weighted by atomic mass is 9.93. The zero-order valence-corrected chi connectivity index (χ0v) is 14.6. The number of non-ortho nitro benzene ring substituents is 1. The number of para-hydroxylation sites is 1. The molecule has 1 aromatic carbocycles. The molecule has 0 spiro atoms. The largest absolute Gasteiger partial charge is 0.459 e. The van der Waals surface area contributed by atoms with Gasteiger partial charge in [-0.2, -0.15) is 5.26 Å². The molecule has 0 aliphatic heterocycles. The molecule has 1 unspecified atom stereocenters. The van der Waals surface area contributed by atoms with Gasteiger partial charge < -0.3 is 4.74 Å². The van der Waals surface area contributed by atoms with Gasteiger partial charge in [-0.25, -0.2) is 4.98 Å². The summed E-state index contributed by atoms with van der Waals surface area (Å²) in [7, 11) is 0. The summed E-state index contributed by atoms with van der Waals surface area (Å²) in [6, 6.07) is 8.32. The normalized spacial score (nSPS) is 12.4. The SMILES string of the molecule is Cc1nc2c([N+](=O)[O-])cccc2cc1C(CC#N)C(=O)OC(C)(C)C. The van der Waals surface area contributed by atoms with Crippen molar-refractivity contribution in [3.05, 3.63) is 45.6 Å². The van der Waals surface area contributed by atoms with Crippen LogP contribution in [0.25, 0.3) is 10.9 Å². The van der Waals surface area contributed by atoms with E-state index in [1.807, 2.05) is 6.07 Å². The zero-order valence-electron chi connectivity index (χ0n) is 14.6. The van der Waals surface area contributed by atoms with Crippen LogP contribution in [0.4, 0.5) is 5.69 Å². The van der Waals surface area contributed by atoms with Gasteiger partial charge in [0.25, 0.3) is 5.69 Å². The standard InChI is InChI=1S/C18H19N3O4/c1-11-14(13(8-9-19)17(22)25-18(2,3)4)10-12-6-5-7-15(21(23)24)16(12)20-11/h5-7,10,13H,8H2,1-4H3. The van der Waals surface area contributed by atoms with E-state index in [-0.39, 0.29) is 17.6 Å². The lowest BCUT2D eigenvalue weighted by Crippen LogP contribution is -2.28. The fourth-order valence-electron chi connectivity index (χ4n) is 2.58. The number of benzene rings is 1. The number of nitro benzene ring substituents is 1. The van der Waals surface area contributed by atoms with E-state index < -0.39 is 22.4 Å². The smallest absolute Gasteiger partial charge is 0.315 e. The lowest BCUT2D eigenvalue weighted by molar-refractivity contribution is -0.383. The van der Waals surface area contributed by atoms with Gasteiger partial charge in [0, 0.05) is 17.1 Å². The van der Waals surface area contributed by atoms with Crippen molar-refractivity contribution < 1.29 is 14.5 Å². The van der Waals surface area contributed by atoms with Crippen molar-refractivity contribution in [3.63, 3.8) is 0 Å². The molecule has 0 N–H and O–H groups in total. The number of aryl methyl sites for hydroxylation is 1. The molecule has 1 atom stereocenters. The molecular formula is C18H19N3O4. The van der Waals surface area contributed by atoms with E-state index >= 15 is 0 Å². The maximum absolute atomic E-state index is 12.5. The highest BCUT2D eigenvalue weighted by Gasteiger charge is 2.29. The van der Waals surface area contributed by atoms with Crippen molar-refractivity contribution in [1.29, 1.82) is 5.26 Å². The van der Waals surface area contributed by atoms with Crippen LogP contribution in [-0.2, 0) is 9.53 Å². The Balaban J connectivity index is 2.57. The van der Waals surface area contributed by atoms with Crippen molar-refractivity contribution >= 4 is 22.6 Å². The molecule has 0 radical (unpaired) electrons. The third kappa shape index (κ3) is 4.10. The van der Waals surface area contributed by atoms with Gasteiger partial charge in [0.2, 0.25) is 0 Å². The molecular weight excluding hydrogens is 322 g/mol. The number of hydrogen-bond donors (Lipinski definition) is 0. The molecule has 7 heteroatoms. The minimum atomic E-state index is -0.791. The Morgan fingerprint density at radius 3 is 2.68 bits per heavy atom. The third-order valence-corrected chi connectivity index (χ3v) is 3.61. The monoisotopic (exact) mass is 341 g/mol. The molecule has 0 saturated carbocycles. The Morgan fingerprint density at radius 2 is 2.12 bits per heavy atom. The minimum absolute atomic E-state index is 0.0577. The summed E-state index contributed by atoms with van der Waals surface area (Å²) in [6.07, 6.45) is -0.0577. The number of pyridine rings is 1. The van der Waals surface area contributed by atoms with Crippen LogP contribution in [-0.4, -0.2) is 21.5 Å². The predicted molar refractivity (Wildman–Crippen MR) is 92.0 cm³/mol. The summed E-state index contributed by atoms with van der Waals surface area (Å²) >= 11 is 0. The Morgan fingerprint density at radius 1 is 1.44 bits per heavy atom. The summed E-state index contributed by atoms with van der Waals surface area (Å²) in [4.78, 5) is 27.5. The molecule has 25 heavy (non-hydrogen) atoms. The fraction of sp³-hybridized carbons (Fsp3) is 0.389. The molecule has 1 aromatic heterocycles. The van der Waals surface area contributed by atoms with Crippen LogP contribution < -0.4 is 0 Å². The number of nitriles is 1. The first-order valence-electron chi connectivity index (χ1n) is 7.78. The summed E-state index contributed by atoms with van der Waals surface area (Å²) in [5.74, 6) is -1.30. The number of esters is 1. The van der Waals surface area contributed by atoms with Crippen molar-refractivity contribution in [2.75, 3.05) is 0 Å². The van der Waals surface area contributed by atoms with E-state index in [0.29, 0.717) is 16.6 Å². The molecule has 0 bridgehead atoms. The number of nitro groups is 1. The van der Waals surface area contributed by atoms with Crippen LogP contribution in [0.5, 0.6) is 0 Å². The third-order valence-electron chi connectivity index (χ3n) is 3.61. The second kappa shape index (κ2) is 6.85. The molecule has 0 fully saturated rings. The second-order valence-corrected chi connectivity index (χ2v) is 6.72. The van der Waals surface area contributed by atoms with Gasteiger partial charge >= 0.3 is 5.97 Å². The van der Waals surface area contributed by atoms with Crippen molar-refractivity contribution in [2.45, 2.75) is 45.6 Å². The van der Waals surface area contributed by atoms with Gasteiger partial charge in [-0.15, -0.1) is 0 Å². The Bertz CT molecular complexity index is 878. The van der Waals surface area contributed by atoms with E-state index in [4.69, 9.17) is 10.00 Å². The van der Waals surface area contributed by atoms with Gasteiger partial charge in [-0.1, -0.05) is 12.1 Å². The van der Waals surface area contributed by atoms with Crippen LogP contribution in [0, 0.1) is 28.4 Å². The zero-order chi connectivity index (χ0) is 18.8.